The summed E-state index contributed by atoms with van der Waals surface area (Å²) in [5, 5.41) is 3.36. The summed E-state index contributed by atoms with van der Waals surface area (Å²) in [7, 11) is 0. The molecule has 2 heterocycles. The molecule has 6 heteroatoms. The van der Waals surface area contributed by atoms with E-state index in [4.69, 9.17) is 0 Å². The van der Waals surface area contributed by atoms with Gasteiger partial charge >= 0.3 is 0 Å². The maximum absolute atomic E-state index is 12.8. The number of nitrogens with one attached hydrogen (secondary N) is 2. The third-order valence-corrected chi connectivity index (χ3v) is 4.61. The van der Waals surface area contributed by atoms with Gasteiger partial charge in [0, 0.05) is 18.5 Å². The van der Waals surface area contributed by atoms with E-state index in [1.807, 2.05) is 20.8 Å². The van der Waals surface area contributed by atoms with E-state index in [1.165, 1.54) is 0 Å². The highest BCUT2D eigenvalue weighted by atomic mass is 16.2. The van der Waals surface area contributed by atoms with E-state index in [0.29, 0.717) is 30.5 Å². The molecule has 6 nitrogen and oxygen atoms in total. The molecule has 0 atom stereocenters. The van der Waals surface area contributed by atoms with Crippen LogP contribution >= 0.6 is 0 Å². The van der Waals surface area contributed by atoms with Crippen molar-refractivity contribution in [3.05, 3.63) is 27.4 Å². The van der Waals surface area contributed by atoms with Gasteiger partial charge in [0.2, 0.25) is 0 Å². The van der Waals surface area contributed by atoms with Gasteiger partial charge in [-0.15, -0.1) is 0 Å². The first-order chi connectivity index (χ1) is 11.2. The number of likely N-dealkylation sites (tertiary alicyclic amines) is 1. The molecule has 24 heavy (non-hydrogen) atoms. The van der Waals surface area contributed by atoms with E-state index in [-0.39, 0.29) is 22.4 Å². The molecule has 0 spiro atoms. The number of aryl methyl sites for hydroxylation is 1. The molecule has 2 N–H and O–H groups in total. The maximum Gasteiger partial charge on any atom is 0.264 e. The first-order valence-electron chi connectivity index (χ1n) is 8.85. The Balaban J connectivity index is 2.13. The van der Waals surface area contributed by atoms with Gasteiger partial charge < -0.3 is 15.2 Å². The summed E-state index contributed by atoms with van der Waals surface area (Å²) < 4.78 is 0. The van der Waals surface area contributed by atoms with E-state index < -0.39 is 0 Å². The van der Waals surface area contributed by atoms with Crippen molar-refractivity contribution in [2.24, 2.45) is 5.92 Å². The maximum atomic E-state index is 12.8. The average molecular weight is 334 g/mol. The first kappa shape index (κ1) is 18.6. The lowest BCUT2D eigenvalue weighted by molar-refractivity contribution is 0.0687. The zero-order valence-corrected chi connectivity index (χ0v) is 15.5. The number of piperidine rings is 1. The van der Waals surface area contributed by atoms with E-state index in [9.17, 15) is 9.59 Å². The molecule has 0 bridgehead atoms. The second kappa shape index (κ2) is 7.47. The largest absolute Gasteiger partial charge is 0.338 e. The molecule has 1 amide bonds. The Morgan fingerprint density at radius 1 is 1.33 bits per heavy atom. The predicted octanol–water partition coefficient (Wildman–Crippen LogP) is 1.84. The van der Waals surface area contributed by atoms with Crippen molar-refractivity contribution < 1.29 is 4.79 Å². The van der Waals surface area contributed by atoms with Gasteiger partial charge in [0.05, 0.1) is 5.69 Å². The van der Waals surface area contributed by atoms with Crippen LogP contribution in [0.2, 0.25) is 0 Å². The summed E-state index contributed by atoms with van der Waals surface area (Å²) >= 11 is 0. The van der Waals surface area contributed by atoms with Crippen molar-refractivity contribution in [2.75, 3.05) is 26.2 Å². The highest BCUT2D eigenvalue weighted by Crippen LogP contribution is 2.20. The summed E-state index contributed by atoms with van der Waals surface area (Å²) in [5.41, 5.74) is 0.125. The van der Waals surface area contributed by atoms with E-state index in [0.717, 1.165) is 25.9 Å². The summed E-state index contributed by atoms with van der Waals surface area (Å²) in [4.78, 5) is 34.3. The Hall–Kier alpha value is -1.69. The van der Waals surface area contributed by atoms with Crippen LogP contribution in [0.15, 0.2) is 4.79 Å². The van der Waals surface area contributed by atoms with Crippen LogP contribution in [-0.4, -0.2) is 47.0 Å². The van der Waals surface area contributed by atoms with Gasteiger partial charge in [-0.25, -0.2) is 4.98 Å². The minimum Gasteiger partial charge on any atom is -0.338 e. The van der Waals surface area contributed by atoms with Gasteiger partial charge in [-0.2, -0.15) is 0 Å². The van der Waals surface area contributed by atoms with Crippen LogP contribution in [0.3, 0.4) is 0 Å². The summed E-state index contributed by atoms with van der Waals surface area (Å²) in [6, 6.07) is 0. The first-order valence-corrected chi connectivity index (χ1v) is 8.85. The summed E-state index contributed by atoms with van der Waals surface area (Å²) in [6.07, 6.45) is 1.95. The average Bonchev–Trinajstić information content (AvgIpc) is 2.51. The molecule has 0 unspecified atom stereocenters. The van der Waals surface area contributed by atoms with Crippen molar-refractivity contribution in [1.82, 2.24) is 20.2 Å². The highest BCUT2D eigenvalue weighted by Gasteiger charge is 2.28. The number of hydrogen-bond donors (Lipinski definition) is 2. The molecule has 0 saturated carbocycles. The number of carbonyl (C=O) groups is 1. The molecule has 134 valence electrons. The van der Waals surface area contributed by atoms with Gasteiger partial charge in [0.1, 0.15) is 11.4 Å². The molecule has 1 aliphatic rings. The van der Waals surface area contributed by atoms with Gasteiger partial charge in [0.25, 0.3) is 11.5 Å². The van der Waals surface area contributed by atoms with Gasteiger partial charge in [0.15, 0.2) is 0 Å². The van der Waals surface area contributed by atoms with Crippen LogP contribution in [0.5, 0.6) is 0 Å². The smallest absolute Gasteiger partial charge is 0.264 e. The lowest BCUT2D eigenvalue weighted by Gasteiger charge is -2.32. The molecule has 0 aliphatic carbocycles. The topological polar surface area (TPSA) is 78.1 Å². The molecule has 0 radical (unpaired) electrons. The highest BCUT2D eigenvalue weighted by molar-refractivity contribution is 5.94. The zero-order valence-electron chi connectivity index (χ0n) is 15.5. The Morgan fingerprint density at radius 2 is 1.96 bits per heavy atom. The lowest BCUT2D eigenvalue weighted by atomic mass is 9.95. The van der Waals surface area contributed by atoms with Crippen LogP contribution in [0.25, 0.3) is 0 Å². The molecule has 1 aromatic heterocycles. The van der Waals surface area contributed by atoms with E-state index >= 15 is 0 Å². The number of H-pyrrole nitrogens is 1. The fourth-order valence-corrected chi connectivity index (χ4v) is 3.04. The second-order valence-electron chi connectivity index (χ2n) is 7.67. The van der Waals surface area contributed by atoms with Gasteiger partial charge in [-0.1, -0.05) is 27.7 Å². The van der Waals surface area contributed by atoms with Gasteiger partial charge in [-0.3, -0.25) is 9.59 Å². The van der Waals surface area contributed by atoms with E-state index in [2.05, 4.69) is 22.2 Å². The Kier molecular flexibility index (Phi) is 5.80. The minimum absolute atomic E-state index is 0.188. The van der Waals surface area contributed by atoms with Crippen LogP contribution in [0, 0.1) is 12.8 Å². The van der Waals surface area contributed by atoms with E-state index in [1.54, 1.807) is 11.8 Å². The number of carbonyl (C=O) groups excluding carboxylic acids is 1. The Bertz CT molecular complexity index is 637. The van der Waals surface area contributed by atoms with Crippen molar-refractivity contribution in [3.8, 4) is 0 Å². The van der Waals surface area contributed by atoms with Crippen molar-refractivity contribution in [2.45, 2.75) is 52.9 Å². The molecular formula is C18H30N4O2. The molecule has 2 rings (SSSR count). The van der Waals surface area contributed by atoms with Crippen LogP contribution in [0.1, 0.15) is 62.4 Å². The lowest BCUT2D eigenvalue weighted by Crippen LogP contribution is -2.43. The fraction of sp³-hybridized carbons (Fsp3) is 0.722. The zero-order chi connectivity index (χ0) is 17.9. The van der Waals surface area contributed by atoms with Crippen LogP contribution < -0.4 is 10.9 Å². The number of nitrogens with zero attached hydrogens (tertiary/aromatic N) is 2. The van der Waals surface area contributed by atoms with Crippen LogP contribution in [0.4, 0.5) is 0 Å². The normalized spacial score (nSPS) is 16.5. The Labute approximate surface area is 144 Å². The third-order valence-electron chi connectivity index (χ3n) is 4.61. The van der Waals surface area contributed by atoms with Gasteiger partial charge in [-0.05, 0) is 38.8 Å². The molecule has 1 fully saturated rings. The monoisotopic (exact) mass is 334 g/mol. The molecule has 0 aromatic carbocycles. The number of aromatic nitrogens is 2. The number of amides is 1. The standard InChI is InChI=1S/C18H30N4O2/c1-6-19-11-13-7-9-22(10-8-13)16(24)14-12(2)20-17(18(3,4)5)21-15(14)23/h13,19H,6-11H2,1-5H3,(H,20,21,23). The number of rotatable bonds is 4. The fourth-order valence-electron chi connectivity index (χ4n) is 3.04. The minimum atomic E-state index is -0.327. The molecule has 1 aromatic rings. The number of aromatic amines is 1. The SMILES string of the molecule is CCNCC1CCN(C(=O)c2c(C)nc(C(C)(C)C)[nH]c2=O)CC1. The predicted molar refractivity (Wildman–Crippen MR) is 95.5 cm³/mol. The molecule has 1 saturated heterocycles. The van der Waals surface area contributed by atoms with Crippen molar-refractivity contribution in [3.63, 3.8) is 0 Å². The van der Waals surface area contributed by atoms with Crippen molar-refractivity contribution >= 4 is 5.91 Å². The summed E-state index contributed by atoms with van der Waals surface area (Å²) in [5.74, 6) is 1.03. The number of hydrogen-bond acceptors (Lipinski definition) is 4. The quantitative estimate of drug-likeness (QED) is 0.881. The second-order valence-corrected chi connectivity index (χ2v) is 7.67. The van der Waals surface area contributed by atoms with Crippen LogP contribution in [-0.2, 0) is 5.41 Å². The Morgan fingerprint density at radius 3 is 2.46 bits per heavy atom. The summed E-state index contributed by atoms with van der Waals surface area (Å²) in [6.45, 7) is 13.2. The van der Waals surface area contributed by atoms with Crippen molar-refractivity contribution in [1.29, 1.82) is 0 Å². The molecule has 1 aliphatic heterocycles. The molecular weight excluding hydrogens is 304 g/mol. The third kappa shape index (κ3) is 4.23.